The van der Waals surface area contributed by atoms with E-state index in [-0.39, 0.29) is 4.90 Å². The highest BCUT2D eigenvalue weighted by Gasteiger charge is 2.20. The predicted molar refractivity (Wildman–Crippen MR) is 112 cm³/mol. The minimum atomic E-state index is -3.74. The molecule has 28 heavy (non-hydrogen) atoms. The summed E-state index contributed by atoms with van der Waals surface area (Å²) in [5.74, 6) is 0.305. The number of sulfonamides is 1. The molecule has 0 amide bonds. The van der Waals surface area contributed by atoms with Gasteiger partial charge in [0.15, 0.2) is 11.5 Å². The van der Waals surface area contributed by atoms with Crippen LogP contribution in [-0.4, -0.2) is 23.2 Å². The van der Waals surface area contributed by atoms with Gasteiger partial charge in [0, 0.05) is 11.9 Å². The zero-order valence-electron chi connectivity index (χ0n) is 16.1. The summed E-state index contributed by atoms with van der Waals surface area (Å²) in [5.41, 5.74) is 3.68. The van der Waals surface area contributed by atoms with Crippen LogP contribution in [0.25, 0.3) is 21.9 Å². The summed E-state index contributed by atoms with van der Waals surface area (Å²) in [7, 11) is -3.74. The van der Waals surface area contributed by atoms with E-state index in [0.29, 0.717) is 23.4 Å². The molecule has 0 bridgehead atoms. The van der Waals surface area contributed by atoms with Crippen LogP contribution in [0.1, 0.15) is 24.5 Å². The third-order valence-electron chi connectivity index (χ3n) is 4.67. The lowest BCUT2D eigenvalue weighted by atomic mass is 10.1. The molecule has 2 heterocycles. The first-order chi connectivity index (χ1) is 13.4. The molecule has 0 spiro atoms. The molecular formula is C21H22N4O2S. The molecule has 0 aliphatic carbocycles. The molecule has 6 nitrogen and oxygen atoms in total. The van der Waals surface area contributed by atoms with Crippen molar-refractivity contribution in [3.05, 3.63) is 59.7 Å². The third-order valence-corrected chi connectivity index (χ3v) is 6.03. The Balaban J connectivity index is 1.86. The largest absolute Gasteiger partial charge is 0.263 e. The van der Waals surface area contributed by atoms with Crippen LogP contribution in [0, 0.1) is 13.8 Å². The van der Waals surface area contributed by atoms with Gasteiger partial charge in [-0.15, -0.1) is 0 Å². The Morgan fingerprint density at radius 1 is 1.00 bits per heavy atom. The number of nitrogens with one attached hydrogen (secondary N) is 1. The molecule has 144 valence electrons. The second-order valence-electron chi connectivity index (χ2n) is 7.05. The van der Waals surface area contributed by atoms with E-state index in [2.05, 4.69) is 16.7 Å². The predicted octanol–water partition coefficient (Wildman–Crippen LogP) is 4.41. The van der Waals surface area contributed by atoms with Crippen LogP contribution in [0.15, 0.2) is 53.4 Å². The highest BCUT2D eigenvalue weighted by molar-refractivity contribution is 7.92. The number of nitrogens with zero attached hydrogens (tertiary/aromatic N) is 3. The summed E-state index contributed by atoms with van der Waals surface area (Å²) in [6.07, 6.45) is 0.870. The average molecular weight is 395 g/mol. The van der Waals surface area contributed by atoms with E-state index in [1.807, 2.05) is 38.1 Å². The van der Waals surface area contributed by atoms with Gasteiger partial charge in [0.25, 0.3) is 10.0 Å². The van der Waals surface area contributed by atoms with E-state index >= 15 is 0 Å². The number of anilines is 1. The Hall–Kier alpha value is -2.93. The Labute approximate surface area is 164 Å². The second-order valence-corrected chi connectivity index (χ2v) is 8.73. The van der Waals surface area contributed by atoms with Crippen molar-refractivity contribution in [1.29, 1.82) is 0 Å². The van der Waals surface area contributed by atoms with Crippen molar-refractivity contribution in [2.45, 2.75) is 38.6 Å². The molecule has 4 aromatic rings. The number of aromatic nitrogens is 3. The van der Waals surface area contributed by atoms with Gasteiger partial charge < -0.3 is 0 Å². The first kappa shape index (κ1) is 18.4. The van der Waals surface area contributed by atoms with Gasteiger partial charge in [-0.2, -0.15) is 5.10 Å². The van der Waals surface area contributed by atoms with Crippen LogP contribution in [-0.2, 0) is 16.6 Å². The van der Waals surface area contributed by atoms with Gasteiger partial charge in [-0.05, 0) is 50.1 Å². The van der Waals surface area contributed by atoms with Crippen molar-refractivity contribution >= 4 is 37.8 Å². The van der Waals surface area contributed by atoms with Crippen molar-refractivity contribution in [3.8, 4) is 0 Å². The SMILES string of the molecule is CCCn1nc(NS(=O)(=O)c2ccc(C)cc2)c2cc3ccc(C)cc3nc21. The lowest BCUT2D eigenvalue weighted by Crippen LogP contribution is -2.14. The molecule has 0 aliphatic rings. The summed E-state index contributed by atoms with van der Waals surface area (Å²) < 4.78 is 30.1. The molecule has 0 aliphatic heterocycles. The van der Waals surface area contributed by atoms with Crippen molar-refractivity contribution < 1.29 is 8.42 Å². The Bertz CT molecular complexity index is 1280. The van der Waals surface area contributed by atoms with Crippen molar-refractivity contribution in [2.75, 3.05) is 4.72 Å². The van der Waals surface area contributed by atoms with Crippen LogP contribution in [0.3, 0.4) is 0 Å². The average Bonchev–Trinajstić information content (AvgIpc) is 2.96. The highest BCUT2D eigenvalue weighted by atomic mass is 32.2. The van der Waals surface area contributed by atoms with Crippen LogP contribution in [0.4, 0.5) is 5.82 Å². The molecule has 7 heteroatoms. The first-order valence-corrected chi connectivity index (χ1v) is 10.7. The number of hydrogen-bond donors (Lipinski definition) is 1. The zero-order chi connectivity index (χ0) is 19.9. The van der Waals surface area contributed by atoms with Crippen LogP contribution < -0.4 is 4.72 Å². The van der Waals surface area contributed by atoms with Crippen LogP contribution >= 0.6 is 0 Å². The van der Waals surface area contributed by atoms with Crippen molar-refractivity contribution in [1.82, 2.24) is 14.8 Å². The van der Waals surface area contributed by atoms with Gasteiger partial charge >= 0.3 is 0 Å². The topological polar surface area (TPSA) is 76.9 Å². The standard InChI is InChI=1S/C21H22N4O2S/c1-4-11-25-21-18(13-16-8-5-15(3)12-19(16)22-21)20(23-25)24-28(26,27)17-9-6-14(2)7-10-17/h5-10,12-13H,4,11H2,1-3H3,(H,23,24). The smallest absolute Gasteiger partial charge is 0.261 e. The zero-order valence-corrected chi connectivity index (χ0v) is 16.9. The maximum atomic E-state index is 12.9. The van der Waals surface area contributed by atoms with Crippen molar-refractivity contribution in [2.24, 2.45) is 0 Å². The highest BCUT2D eigenvalue weighted by Crippen LogP contribution is 2.28. The molecule has 0 atom stereocenters. The maximum Gasteiger partial charge on any atom is 0.263 e. The number of benzene rings is 2. The molecule has 4 rings (SSSR count). The normalized spacial score (nSPS) is 12.0. The lowest BCUT2D eigenvalue weighted by Gasteiger charge is -2.06. The van der Waals surface area contributed by atoms with Gasteiger partial charge in [-0.25, -0.2) is 18.1 Å². The number of pyridine rings is 1. The van der Waals surface area contributed by atoms with Gasteiger partial charge in [0.1, 0.15) is 0 Å². The summed E-state index contributed by atoms with van der Waals surface area (Å²) in [6.45, 7) is 6.65. The van der Waals surface area contributed by atoms with E-state index in [1.54, 1.807) is 28.9 Å². The summed E-state index contributed by atoms with van der Waals surface area (Å²) in [4.78, 5) is 4.97. The molecule has 0 saturated carbocycles. The number of fused-ring (bicyclic) bond motifs is 2. The van der Waals surface area contributed by atoms with E-state index < -0.39 is 10.0 Å². The summed E-state index contributed by atoms with van der Waals surface area (Å²) >= 11 is 0. The first-order valence-electron chi connectivity index (χ1n) is 9.25. The van der Waals surface area contributed by atoms with Gasteiger partial charge in [0.2, 0.25) is 0 Å². The number of hydrogen-bond acceptors (Lipinski definition) is 4. The molecule has 2 aromatic heterocycles. The van der Waals surface area contributed by atoms with Gasteiger partial charge in [0.05, 0.1) is 15.8 Å². The quantitative estimate of drug-likeness (QED) is 0.544. The van der Waals surface area contributed by atoms with E-state index in [0.717, 1.165) is 28.5 Å². The maximum absolute atomic E-state index is 12.9. The number of rotatable bonds is 5. The molecule has 0 unspecified atom stereocenters. The lowest BCUT2D eigenvalue weighted by molar-refractivity contribution is 0.599. The molecule has 0 radical (unpaired) electrons. The van der Waals surface area contributed by atoms with Crippen LogP contribution in [0.2, 0.25) is 0 Å². The van der Waals surface area contributed by atoms with Gasteiger partial charge in [-0.3, -0.25) is 4.72 Å². The van der Waals surface area contributed by atoms with Crippen molar-refractivity contribution in [3.63, 3.8) is 0 Å². The van der Waals surface area contributed by atoms with Crippen LogP contribution in [0.5, 0.6) is 0 Å². The van der Waals surface area contributed by atoms with E-state index in [1.165, 1.54) is 0 Å². The monoisotopic (exact) mass is 394 g/mol. The summed E-state index contributed by atoms with van der Waals surface area (Å²) in [5, 5.41) is 6.16. The minimum Gasteiger partial charge on any atom is -0.261 e. The van der Waals surface area contributed by atoms with E-state index in [9.17, 15) is 8.42 Å². The van der Waals surface area contributed by atoms with E-state index in [4.69, 9.17) is 4.98 Å². The minimum absolute atomic E-state index is 0.209. The van der Waals surface area contributed by atoms with Gasteiger partial charge in [-0.1, -0.05) is 36.8 Å². The fraction of sp³-hybridized carbons (Fsp3) is 0.238. The number of aryl methyl sites for hydroxylation is 3. The third kappa shape index (κ3) is 3.33. The Morgan fingerprint density at radius 2 is 1.71 bits per heavy atom. The fourth-order valence-electron chi connectivity index (χ4n) is 3.21. The molecule has 2 aromatic carbocycles. The fourth-order valence-corrected chi connectivity index (χ4v) is 4.22. The molecule has 0 fully saturated rings. The summed E-state index contributed by atoms with van der Waals surface area (Å²) in [6, 6.07) is 14.7. The Morgan fingerprint density at radius 3 is 2.43 bits per heavy atom. The molecule has 0 saturated heterocycles. The molecule has 1 N–H and O–H groups in total. The molecular weight excluding hydrogens is 372 g/mol. The Kier molecular flexibility index (Phi) is 4.55. The second kappa shape index (κ2) is 6.91.